The van der Waals surface area contributed by atoms with Crippen LogP contribution in [0.25, 0.3) is 0 Å². The van der Waals surface area contributed by atoms with Gasteiger partial charge in [0.05, 0.1) is 4.92 Å². The fourth-order valence-electron chi connectivity index (χ4n) is 2.07. The van der Waals surface area contributed by atoms with Crippen molar-refractivity contribution in [2.45, 2.75) is 32.9 Å². The van der Waals surface area contributed by atoms with Crippen molar-refractivity contribution in [3.05, 3.63) is 39.7 Å². The molecule has 1 aromatic carbocycles. The highest BCUT2D eigenvalue weighted by molar-refractivity contribution is 5.38. The molecule has 1 aliphatic rings. The van der Waals surface area contributed by atoms with Gasteiger partial charge in [-0.2, -0.15) is 4.39 Å². The van der Waals surface area contributed by atoms with Crippen molar-refractivity contribution < 1.29 is 18.8 Å². The first-order valence-corrected chi connectivity index (χ1v) is 7.70. The average Bonchev–Trinajstić information content (AvgIpc) is 2.49. The van der Waals surface area contributed by atoms with Gasteiger partial charge in [0.15, 0.2) is 0 Å². The Kier molecular flexibility index (Phi) is 7.73. The predicted octanol–water partition coefficient (Wildman–Crippen LogP) is 2.10. The molecule has 0 aliphatic carbocycles. The third-order valence-electron chi connectivity index (χ3n) is 3.22. The Bertz CT molecular complexity index is 555. The first-order chi connectivity index (χ1) is 11.2. The summed E-state index contributed by atoms with van der Waals surface area (Å²) in [4.78, 5) is 21.7. The molecular weight excluding hydrogens is 317 g/mol. The van der Waals surface area contributed by atoms with Crippen LogP contribution in [0.3, 0.4) is 0 Å². The maximum Gasteiger partial charge on any atom is 0.305 e. The van der Waals surface area contributed by atoms with Crippen LogP contribution in [0, 0.1) is 15.9 Å². The Morgan fingerprint density at radius 2 is 2.00 bits per heavy atom. The number of piperazine rings is 1. The van der Waals surface area contributed by atoms with E-state index in [0.717, 1.165) is 37.8 Å². The van der Waals surface area contributed by atoms with E-state index in [0.29, 0.717) is 13.0 Å². The van der Waals surface area contributed by atoms with Crippen molar-refractivity contribution >= 4 is 12.2 Å². The van der Waals surface area contributed by atoms with Gasteiger partial charge in [0.1, 0.15) is 5.60 Å². The van der Waals surface area contributed by atoms with Gasteiger partial charge in [-0.25, -0.2) is 0 Å². The second-order valence-electron chi connectivity index (χ2n) is 6.40. The predicted molar refractivity (Wildman–Crippen MR) is 88.1 cm³/mol. The third-order valence-corrected chi connectivity index (χ3v) is 3.22. The summed E-state index contributed by atoms with van der Waals surface area (Å²) in [6.45, 7) is 10.2. The zero-order valence-corrected chi connectivity index (χ0v) is 14.3. The Morgan fingerprint density at radius 3 is 2.46 bits per heavy atom. The number of nitro groups is 1. The number of hydrogen-bond donors (Lipinski definition) is 1. The SMILES string of the molecule is CC(C)(C)OC=O.O=[N+]([O-])c1cc(CN2CCNCC2)ccc1F. The highest BCUT2D eigenvalue weighted by atomic mass is 19.1. The summed E-state index contributed by atoms with van der Waals surface area (Å²) in [5, 5.41) is 13.8. The van der Waals surface area contributed by atoms with E-state index < -0.39 is 16.4 Å². The Labute approximate surface area is 140 Å². The molecule has 0 amide bonds. The van der Waals surface area contributed by atoms with E-state index in [-0.39, 0.29) is 5.60 Å². The topological polar surface area (TPSA) is 84.7 Å². The number of carbonyl (C=O) groups is 1. The standard InChI is InChI=1S/C11H14FN3O2.C5H10O2/c12-10-2-1-9(7-11(10)15(16)17)8-14-5-3-13-4-6-14;1-5(2,3)7-4-6/h1-2,7,13H,3-6,8H2;4H,1-3H3. The molecule has 0 bridgehead atoms. The fourth-order valence-corrected chi connectivity index (χ4v) is 2.07. The summed E-state index contributed by atoms with van der Waals surface area (Å²) >= 11 is 0. The van der Waals surface area contributed by atoms with E-state index in [1.54, 1.807) is 6.07 Å². The van der Waals surface area contributed by atoms with Crippen LogP contribution < -0.4 is 5.32 Å². The van der Waals surface area contributed by atoms with Crippen molar-refractivity contribution in [1.82, 2.24) is 10.2 Å². The summed E-state index contributed by atoms with van der Waals surface area (Å²) < 4.78 is 17.7. The number of nitrogens with zero attached hydrogens (tertiary/aromatic N) is 2. The van der Waals surface area contributed by atoms with Crippen LogP contribution in [0.5, 0.6) is 0 Å². The molecule has 0 atom stereocenters. The average molecular weight is 341 g/mol. The van der Waals surface area contributed by atoms with E-state index in [1.165, 1.54) is 6.07 Å². The molecule has 7 nitrogen and oxygen atoms in total. The minimum absolute atomic E-state index is 0.318. The lowest BCUT2D eigenvalue weighted by molar-refractivity contribution is -0.387. The lowest BCUT2D eigenvalue weighted by atomic mass is 10.1. The van der Waals surface area contributed by atoms with Crippen molar-refractivity contribution in [3.63, 3.8) is 0 Å². The quantitative estimate of drug-likeness (QED) is 0.513. The van der Waals surface area contributed by atoms with Gasteiger partial charge >= 0.3 is 5.69 Å². The van der Waals surface area contributed by atoms with E-state index in [4.69, 9.17) is 0 Å². The second-order valence-corrected chi connectivity index (χ2v) is 6.40. The van der Waals surface area contributed by atoms with Crippen LogP contribution in [-0.4, -0.2) is 48.1 Å². The molecule has 134 valence electrons. The van der Waals surface area contributed by atoms with Crippen molar-refractivity contribution in [1.29, 1.82) is 0 Å². The molecule has 1 N–H and O–H groups in total. The van der Waals surface area contributed by atoms with Crippen molar-refractivity contribution in [3.8, 4) is 0 Å². The minimum atomic E-state index is -0.779. The summed E-state index contributed by atoms with van der Waals surface area (Å²) in [5.41, 5.74) is 0.0134. The number of rotatable bonds is 4. The molecule has 0 spiro atoms. The number of ether oxygens (including phenoxy) is 1. The fraction of sp³-hybridized carbons (Fsp3) is 0.562. The van der Waals surface area contributed by atoms with Gasteiger partial charge in [-0.3, -0.25) is 19.8 Å². The number of benzene rings is 1. The van der Waals surface area contributed by atoms with Crippen LogP contribution in [-0.2, 0) is 16.1 Å². The molecule has 1 aliphatic heterocycles. The molecule has 1 fully saturated rings. The van der Waals surface area contributed by atoms with E-state index in [9.17, 15) is 19.3 Å². The molecule has 1 heterocycles. The van der Waals surface area contributed by atoms with E-state index in [2.05, 4.69) is 15.0 Å². The molecule has 0 saturated carbocycles. The first-order valence-electron chi connectivity index (χ1n) is 7.70. The molecule has 24 heavy (non-hydrogen) atoms. The van der Waals surface area contributed by atoms with Crippen molar-refractivity contribution in [2.75, 3.05) is 26.2 Å². The molecule has 8 heteroatoms. The molecule has 1 saturated heterocycles. The Balaban J connectivity index is 0.000000351. The maximum absolute atomic E-state index is 13.1. The monoisotopic (exact) mass is 341 g/mol. The Morgan fingerprint density at radius 1 is 1.38 bits per heavy atom. The highest BCUT2D eigenvalue weighted by Crippen LogP contribution is 2.19. The zero-order valence-electron chi connectivity index (χ0n) is 14.3. The number of nitro benzene ring substituents is 1. The summed E-state index contributed by atoms with van der Waals surface area (Å²) in [5.74, 6) is -0.779. The Hall–Kier alpha value is -2.06. The van der Waals surface area contributed by atoms with E-state index >= 15 is 0 Å². The molecule has 0 radical (unpaired) electrons. The minimum Gasteiger partial charge on any atom is -0.462 e. The smallest absolute Gasteiger partial charge is 0.305 e. The van der Waals surface area contributed by atoms with Gasteiger partial charge in [0.2, 0.25) is 5.82 Å². The molecule has 0 aromatic heterocycles. The second kappa shape index (κ2) is 9.29. The third kappa shape index (κ3) is 7.47. The van der Waals surface area contributed by atoms with Gasteiger partial charge in [-0.05, 0) is 32.4 Å². The van der Waals surface area contributed by atoms with Crippen LogP contribution in [0.2, 0.25) is 0 Å². The molecule has 0 unspecified atom stereocenters. The largest absolute Gasteiger partial charge is 0.462 e. The van der Waals surface area contributed by atoms with Gasteiger partial charge in [-0.15, -0.1) is 0 Å². The van der Waals surface area contributed by atoms with Gasteiger partial charge in [0, 0.05) is 38.8 Å². The number of carbonyl (C=O) groups excluding carboxylic acids is 1. The lowest BCUT2D eigenvalue weighted by Crippen LogP contribution is -2.42. The van der Waals surface area contributed by atoms with Gasteiger partial charge < -0.3 is 10.1 Å². The summed E-state index contributed by atoms with van der Waals surface area (Å²) in [7, 11) is 0. The molecular formula is C16H24FN3O4. The van der Waals surface area contributed by atoms with Crippen LogP contribution in [0.15, 0.2) is 18.2 Å². The summed E-state index contributed by atoms with van der Waals surface area (Å²) in [6.07, 6.45) is 0. The summed E-state index contributed by atoms with van der Waals surface area (Å²) in [6, 6.07) is 4.08. The van der Waals surface area contributed by atoms with Crippen molar-refractivity contribution in [2.24, 2.45) is 0 Å². The van der Waals surface area contributed by atoms with Gasteiger partial charge in [-0.1, -0.05) is 6.07 Å². The number of nitrogens with one attached hydrogen (secondary N) is 1. The molecule has 2 rings (SSSR count). The first kappa shape index (κ1) is 20.0. The van der Waals surface area contributed by atoms with Crippen LogP contribution >= 0.6 is 0 Å². The maximum atomic E-state index is 13.1. The molecule has 1 aromatic rings. The number of hydrogen-bond acceptors (Lipinski definition) is 6. The lowest BCUT2D eigenvalue weighted by Gasteiger charge is -2.27. The highest BCUT2D eigenvalue weighted by Gasteiger charge is 2.16. The normalized spacial score (nSPS) is 15.2. The number of halogens is 1. The van der Waals surface area contributed by atoms with Crippen LogP contribution in [0.4, 0.5) is 10.1 Å². The van der Waals surface area contributed by atoms with Crippen LogP contribution in [0.1, 0.15) is 26.3 Å². The zero-order chi connectivity index (χ0) is 18.2. The van der Waals surface area contributed by atoms with Gasteiger partial charge in [0.25, 0.3) is 6.47 Å². The van der Waals surface area contributed by atoms with E-state index in [1.807, 2.05) is 20.8 Å².